The highest BCUT2D eigenvalue weighted by atomic mass is 127. The summed E-state index contributed by atoms with van der Waals surface area (Å²) >= 11 is 0. The third kappa shape index (κ3) is 12.3. The predicted octanol–water partition coefficient (Wildman–Crippen LogP) is 3.46. The fourth-order valence-corrected chi connectivity index (χ4v) is 3.28. The number of hydrogen-bond donors (Lipinski definition) is 3. The Morgan fingerprint density at radius 3 is 2.71 bits per heavy atom. The van der Waals surface area contributed by atoms with E-state index in [-0.39, 0.29) is 29.9 Å². The quantitative estimate of drug-likeness (QED) is 0.172. The van der Waals surface area contributed by atoms with Crippen LogP contribution in [0.3, 0.4) is 0 Å². The monoisotopic (exact) mass is 545 g/mol. The number of benzene rings is 1. The lowest BCUT2D eigenvalue weighted by atomic mass is 10.1. The van der Waals surface area contributed by atoms with Crippen molar-refractivity contribution in [2.75, 3.05) is 51.3 Å². The van der Waals surface area contributed by atoms with Gasteiger partial charge in [0, 0.05) is 44.8 Å². The first kappa shape index (κ1) is 27.6. The molecule has 0 unspecified atom stereocenters. The van der Waals surface area contributed by atoms with Crippen molar-refractivity contribution >= 4 is 41.5 Å². The van der Waals surface area contributed by atoms with Gasteiger partial charge in [0.15, 0.2) is 5.96 Å². The minimum atomic E-state index is 0. The van der Waals surface area contributed by atoms with Gasteiger partial charge < -0.3 is 20.7 Å². The summed E-state index contributed by atoms with van der Waals surface area (Å²) in [5, 5.41) is 9.70. The molecule has 1 amide bonds. The third-order valence-electron chi connectivity index (χ3n) is 4.98. The maximum Gasteiger partial charge on any atom is 0.225 e. The van der Waals surface area contributed by atoms with E-state index in [1.165, 1.54) is 6.42 Å². The fourth-order valence-electron chi connectivity index (χ4n) is 3.28. The highest BCUT2D eigenvalue weighted by Gasteiger charge is 2.12. The molecule has 1 heterocycles. The van der Waals surface area contributed by atoms with E-state index in [0.717, 1.165) is 75.5 Å². The Morgan fingerprint density at radius 2 is 2.00 bits per heavy atom. The van der Waals surface area contributed by atoms with Gasteiger partial charge in [-0.05, 0) is 43.4 Å². The van der Waals surface area contributed by atoms with Crippen LogP contribution in [0.5, 0.6) is 0 Å². The molecule has 0 saturated carbocycles. The maximum absolute atomic E-state index is 12.3. The fraction of sp³-hybridized carbons (Fsp3) is 0.652. The number of ether oxygens (including phenoxy) is 1. The molecular formula is C23H40IN5O2. The average molecular weight is 546 g/mol. The molecule has 31 heavy (non-hydrogen) atoms. The van der Waals surface area contributed by atoms with Crippen LogP contribution in [0.2, 0.25) is 0 Å². The van der Waals surface area contributed by atoms with Crippen LogP contribution in [-0.4, -0.2) is 62.7 Å². The first-order valence-electron chi connectivity index (χ1n) is 11.3. The van der Waals surface area contributed by atoms with Crippen molar-refractivity contribution in [3.8, 4) is 0 Å². The van der Waals surface area contributed by atoms with Crippen LogP contribution in [0, 0.1) is 5.92 Å². The number of guanidine groups is 1. The number of nitrogens with one attached hydrogen (secondary N) is 3. The SMILES string of the molecule is CCNC(=NCc1cccc(NC(=O)CCN2CCOCC2)c1)NCCCC(C)C.I. The summed E-state index contributed by atoms with van der Waals surface area (Å²) in [6.45, 7) is 13.0. The standard InChI is InChI=1S/C23H39N5O2.HI/c1-4-24-23(25-11-6-7-19(2)3)26-18-20-8-5-9-21(17-20)27-22(29)10-12-28-13-15-30-16-14-28;/h5,8-9,17,19H,4,6-7,10-16,18H2,1-3H3,(H,27,29)(H2,24,25,26);1H. The molecule has 8 heteroatoms. The second-order valence-corrected chi connectivity index (χ2v) is 8.11. The van der Waals surface area contributed by atoms with Crippen LogP contribution in [-0.2, 0) is 16.1 Å². The van der Waals surface area contributed by atoms with Crippen LogP contribution in [0.4, 0.5) is 5.69 Å². The van der Waals surface area contributed by atoms with Gasteiger partial charge in [0.25, 0.3) is 0 Å². The number of aliphatic imine (C=N–C) groups is 1. The van der Waals surface area contributed by atoms with Gasteiger partial charge in [-0.1, -0.05) is 26.0 Å². The van der Waals surface area contributed by atoms with Crippen molar-refractivity contribution in [2.24, 2.45) is 10.9 Å². The molecule has 0 bridgehead atoms. The van der Waals surface area contributed by atoms with Crippen LogP contribution >= 0.6 is 24.0 Å². The van der Waals surface area contributed by atoms with Gasteiger partial charge in [0.1, 0.15) is 0 Å². The number of hydrogen-bond acceptors (Lipinski definition) is 4. The van der Waals surface area contributed by atoms with Crippen molar-refractivity contribution in [2.45, 2.75) is 46.6 Å². The lowest BCUT2D eigenvalue weighted by Crippen LogP contribution is -2.38. The summed E-state index contributed by atoms with van der Waals surface area (Å²) in [4.78, 5) is 19.2. The first-order chi connectivity index (χ1) is 14.6. The molecular weight excluding hydrogens is 505 g/mol. The van der Waals surface area contributed by atoms with Gasteiger partial charge in [0.2, 0.25) is 5.91 Å². The molecule has 0 aromatic heterocycles. The summed E-state index contributed by atoms with van der Waals surface area (Å²) < 4.78 is 5.35. The number of rotatable bonds is 11. The molecule has 2 rings (SSSR count). The molecule has 0 radical (unpaired) electrons. The van der Waals surface area contributed by atoms with E-state index in [4.69, 9.17) is 4.74 Å². The summed E-state index contributed by atoms with van der Waals surface area (Å²) in [6.07, 6.45) is 2.83. The zero-order valence-electron chi connectivity index (χ0n) is 19.3. The molecule has 1 fully saturated rings. The molecule has 3 N–H and O–H groups in total. The lowest BCUT2D eigenvalue weighted by molar-refractivity contribution is -0.116. The molecule has 1 aromatic rings. The van der Waals surface area contributed by atoms with Crippen molar-refractivity contribution in [1.29, 1.82) is 0 Å². The molecule has 1 aromatic carbocycles. The second kappa shape index (κ2) is 16.3. The summed E-state index contributed by atoms with van der Waals surface area (Å²) in [7, 11) is 0. The summed E-state index contributed by atoms with van der Waals surface area (Å²) in [6, 6.07) is 7.92. The Kier molecular flexibility index (Phi) is 14.5. The van der Waals surface area contributed by atoms with E-state index in [1.807, 2.05) is 24.3 Å². The van der Waals surface area contributed by atoms with Crippen molar-refractivity contribution < 1.29 is 9.53 Å². The van der Waals surface area contributed by atoms with Gasteiger partial charge in [-0.25, -0.2) is 4.99 Å². The van der Waals surface area contributed by atoms with E-state index in [2.05, 4.69) is 46.6 Å². The van der Waals surface area contributed by atoms with E-state index in [9.17, 15) is 4.79 Å². The van der Waals surface area contributed by atoms with Gasteiger partial charge in [-0.3, -0.25) is 9.69 Å². The number of morpholine rings is 1. The Hall–Kier alpha value is -1.39. The first-order valence-corrected chi connectivity index (χ1v) is 11.3. The van der Waals surface area contributed by atoms with Crippen molar-refractivity contribution in [3.63, 3.8) is 0 Å². The molecule has 0 aliphatic carbocycles. The molecule has 0 atom stereocenters. The number of nitrogens with zero attached hydrogens (tertiary/aromatic N) is 2. The lowest BCUT2D eigenvalue weighted by Gasteiger charge is -2.26. The molecule has 7 nitrogen and oxygen atoms in total. The van der Waals surface area contributed by atoms with E-state index in [0.29, 0.717) is 13.0 Å². The Balaban J connectivity index is 0.00000480. The van der Waals surface area contributed by atoms with Crippen LogP contribution < -0.4 is 16.0 Å². The molecule has 176 valence electrons. The third-order valence-corrected chi connectivity index (χ3v) is 4.98. The predicted molar refractivity (Wildman–Crippen MR) is 139 cm³/mol. The minimum absolute atomic E-state index is 0. The molecule has 0 spiro atoms. The molecule has 1 saturated heterocycles. The number of carbonyl (C=O) groups excluding carboxylic acids is 1. The number of halogens is 1. The Labute approximate surface area is 204 Å². The largest absolute Gasteiger partial charge is 0.379 e. The van der Waals surface area contributed by atoms with Gasteiger partial charge in [0.05, 0.1) is 19.8 Å². The zero-order valence-corrected chi connectivity index (χ0v) is 21.6. The van der Waals surface area contributed by atoms with Crippen molar-refractivity contribution in [1.82, 2.24) is 15.5 Å². The minimum Gasteiger partial charge on any atom is -0.379 e. The highest BCUT2D eigenvalue weighted by molar-refractivity contribution is 14.0. The molecule has 1 aliphatic heterocycles. The number of anilines is 1. The topological polar surface area (TPSA) is 78.0 Å². The number of carbonyl (C=O) groups is 1. The second-order valence-electron chi connectivity index (χ2n) is 8.11. The van der Waals surface area contributed by atoms with Crippen molar-refractivity contribution in [3.05, 3.63) is 29.8 Å². The Bertz CT molecular complexity index is 663. The van der Waals surface area contributed by atoms with Gasteiger partial charge in [-0.15, -0.1) is 24.0 Å². The Morgan fingerprint density at radius 1 is 1.23 bits per heavy atom. The van der Waals surface area contributed by atoms with E-state index in [1.54, 1.807) is 0 Å². The normalized spacial score (nSPS) is 14.8. The van der Waals surface area contributed by atoms with Crippen LogP contribution in [0.25, 0.3) is 0 Å². The molecule has 1 aliphatic rings. The maximum atomic E-state index is 12.3. The average Bonchev–Trinajstić information content (AvgIpc) is 2.74. The van der Waals surface area contributed by atoms with Crippen LogP contribution in [0.1, 0.15) is 45.6 Å². The smallest absolute Gasteiger partial charge is 0.225 e. The van der Waals surface area contributed by atoms with Gasteiger partial charge in [-0.2, -0.15) is 0 Å². The van der Waals surface area contributed by atoms with Crippen LogP contribution in [0.15, 0.2) is 29.3 Å². The van der Waals surface area contributed by atoms with E-state index >= 15 is 0 Å². The van der Waals surface area contributed by atoms with Gasteiger partial charge >= 0.3 is 0 Å². The zero-order chi connectivity index (χ0) is 21.6. The summed E-state index contributed by atoms with van der Waals surface area (Å²) in [5.74, 6) is 1.60. The highest BCUT2D eigenvalue weighted by Crippen LogP contribution is 2.12. The van der Waals surface area contributed by atoms with E-state index < -0.39 is 0 Å². The number of amides is 1. The summed E-state index contributed by atoms with van der Waals surface area (Å²) in [5.41, 5.74) is 1.89.